The van der Waals surface area contributed by atoms with Crippen molar-refractivity contribution < 1.29 is 18.7 Å². The fraction of sp³-hybridized carbons (Fsp3) is 0.222. The molecule has 5 nitrogen and oxygen atoms in total. The number of amides is 2. The second kappa shape index (κ2) is 6.70. The number of fused-ring (bicyclic) bond motifs is 1. The monoisotopic (exact) mass is 328 g/mol. The molecular weight excluding hydrogens is 311 g/mol. The first-order valence-electron chi connectivity index (χ1n) is 7.57. The number of carbonyl (C=O) groups excluding carboxylic acids is 2. The number of carbonyl (C=O) groups is 2. The highest BCUT2D eigenvalue weighted by molar-refractivity contribution is 5.92. The van der Waals surface area contributed by atoms with E-state index in [0.29, 0.717) is 24.5 Å². The van der Waals surface area contributed by atoms with Gasteiger partial charge in [-0.15, -0.1) is 0 Å². The molecule has 124 valence electrons. The van der Waals surface area contributed by atoms with Gasteiger partial charge in [-0.3, -0.25) is 9.59 Å². The van der Waals surface area contributed by atoms with Gasteiger partial charge >= 0.3 is 0 Å². The topological polar surface area (TPSA) is 58.6 Å². The van der Waals surface area contributed by atoms with Crippen LogP contribution in [0.4, 0.5) is 10.1 Å². The molecule has 0 spiro atoms. The first-order valence-corrected chi connectivity index (χ1v) is 7.57. The van der Waals surface area contributed by atoms with E-state index >= 15 is 0 Å². The molecule has 1 heterocycles. The zero-order valence-electron chi connectivity index (χ0n) is 13.2. The number of hydrogen-bond acceptors (Lipinski definition) is 3. The van der Waals surface area contributed by atoms with Crippen molar-refractivity contribution in [1.29, 1.82) is 0 Å². The summed E-state index contributed by atoms with van der Waals surface area (Å²) in [6.07, 6.45) is 0. The Kier molecular flexibility index (Phi) is 4.46. The predicted octanol–water partition coefficient (Wildman–Crippen LogP) is 2.71. The quantitative estimate of drug-likeness (QED) is 0.939. The van der Waals surface area contributed by atoms with Crippen molar-refractivity contribution in [3.05, 3.63) is 59.4 Å². The number of anilines is 1. The molecule has 2 aromatic rings. The molecule has 0 unspecified atom stereocenters. The van der Waals surface area contributed by atoms with Crippen molar-refractivity contribution in [3.8, 4) is 5.75 Å². The molecule has 0 aliphatic carbocycles. The lowest BCUT2D eigenvalue weighted by atomic mass is 10.1. The standard InChI is InChI=1S/C18H17FN2O3/c1-12(22)21-9-13-2-5-16(8-14(13)10-21)20-18(23)11-24-17-6-3-15(19)4-7-17/h2-8H,9-11H2,1H3,(H,20,23). The average molecular weight is 328 g/mol. The third kappa shape index (κ3) is 3.71. The molecule has 6 heteroatoms. The molecule has 0 atom stereocenters. The zero-order chi connectivity index (χ0) is 17.1. The van der Waals surface area contributed by atoms with Gasteiger partial charge in [0.1, 0.15) is 11.6 Å². The van der Waals surface area contributed by atoms with Gasteiger partial charge in [0, 0.05) is 25.7 Å². The molecule has 0 saturated carbocycles. The van der Waals surface area contributed by atoms with Crippen LogP contribution in [0.1, 0.15) is 18.1 Å². The highest BCUT2D eigenvalue weighted by Crippen LogP contribution is 2.25. The Morgan fingerprint density at radius 1 is 1.12 bits per heavy atom. The van der Waals surface area contributed by atoms with Crippen LogP contribution >= 0.6 is 0 Å². The van der Waals surface area contributed by atoms with Gasteiger partial charge in [-0.25, -0.2) is 4.39 Å². The Balaban J connectivity index is 1.57. The van der Waals surface area contributed by atoms with Gasteiger partial charge in [0.15, 0.2) is 6.61 Å². The van der Waals surface area contributed by atoms with Crippen LogP contribution < -0.4 is 10.1 Å². The second-order valence-electron chi connectivity index (χ2n) is 5.65. The van der Waals surface area contributed by atoms with Gasteiger partial charge in [0.25, 0.3) is 5.91 Å². The Bertz CT molecular complexity index is 774. The summed E-state index contributed by atoms with van der Waals surface area (Å²) in [6, 6.07) is 11.1. The Morgan fingerprint density at radius 3 is 2.54 bits per heavy atom. The van der Waals surface area contributed by atoms with E-state index in [9.17, 15) is 14.0 Å². The summed E-state index contributed by atoms with van der Waals surface area (Å²) in [5, 5.41) is 2.76. The van der Waals surface area contributed by atoms with E-state index in [1.165, 1.54) is 24.3 Å². The van der Waals surface area contributed by atoms with Gasteiger partial charge < -0.3 is 15.0 Å². The van der Waals surface area contributed by atoms with E-state index < -0.39 is 0 Å². The number of hydrogen-bond donors (Lipinski definition) is 1. The van der Waals surface area contributed by atoms with E-state index in [1.54, 1.807) is 17.9 Å². The van der Waals surface area contributed by atoms with Crippen molar-refractivity contribution in [2.24, 2.45) is 0 Å². The number of rotatable bonds is 4. The third-order valence-corrected chi connectivity index (χ3v) is 3.84. The lowest BCUT2D eigenvalue weighted by Gasteiger charge is -2.11. The molecule has 24 heavy (non-hydrogen) atoms. The zero-order valence-corrected chi connectivity index (χ0v) is 13.2. The summed E-state index contributed by atoms with van der Waals surface area (Å²) >= 11 is 0. The minimum Gasteiger partial charge on any atom is -0.484 e. The molecule has 1 aliphatic rings. The smallest absolute Gasteiger partial charge is 0.262 e. The second-order valence-corrected chi connectivity index (χ2v) is 5.65. The maximum Gasteiger partial charge on any atom is 0.262 e. The van der Waals surface area contributed by atoms with Gasteiger partial charge in [0.05, 0.1) is 0 Å². The van der Waals surface area contributed by atoms with Crippen molar-refractivity contribution >= 4 is 17.5 Å². The van der Waals surface area contributed by atoms with Crippen molar-refractivity contribution in [1.82, 2.24) is 4.90 Å². The fourth-order valence-electron chi connectivity index (χ4n) is 2.57. The number of benzene rings is 2. The maximum atomic E-state index is 12.8. The largest absolute Gasteiger partial charge is 0.484 e. The van der Waals surface area contributed by atoms with Crippen LogP contribution in [0.2, 0.25) is 0 Å². The van der Waals surface area contributed by atoms with Gasteiger partial charge in [-0.2, -0.15) is 0 Å². The van der Waals surface area contributed by atoms with Crippen molar-refractivity contribution in [2.45, 2.75) is 20.0 Å². The summed E-state index contributed by atoms with van der Waals surface area (Å²) in [5.41, 5.74) is 2.78. The van der Waals surface area contributed by atoms with Crippen LogP contribution in [0.3, 0.4) is 0 Å². The van der Waals surface area contributed by atoms with E-state index in [-0.39, 0.29) is 24.2 Å². The SMILES string of the molecule is CC(=O)N1Cc2ccc(NC(=O)COc3ccc(F)cc3)cc2C1. The Hall–Kier alpha value is -2.89. The highest BCUT2D eigenvalue weighted by Gasteiger charge is 2.21. The summed E-state index contributed by atoms with van der Waals surface area (Å²) in [6.45, 7) is 2.54. The normalized spacial score (nSPS) is 12.7. The first kappa shape index (κ1) is 16.0. The van der Waals surface area contributed by atoms with Crippen LogP contribution in [-0.2, 0) is 22.7 Å². The molecule has 3 rings (SSSR count). The number of ether oxygens (including phenoxy) is 1. The highest BCUT2D eigenvalue weighted by atomic mass is 19.1. The summed E-state index contributed by atoms with van der Waals surface area (Å²) in [7, 11) is 0. The molecule has 0 aromatic heterocycles. The molecule has 2 amide bonds. The van der Waals surface area contributed by atoms with Crippen LogP contribution in [0, 0.1) is 5.82 Å². The molecule has 0 fully saturated rings. The molecule has 0 saturated heterocycles. The maximum absolute atomic E-state index is 12.8. The van der Waals surface area contributed by atoms with Crippen molar-refractivity contribution in [3.63, 3.8) is 0 Å². The van der Waals surface area contributed by atoms with E-state index in [4.69, 9.17) is 4.74 Å². The van der Waals surface area contributed by atoms with E-state index in [2.05, 4.69) is 5.32 Å². The molecule has 2 aromatic carbocycles. The lowest BCUT2D eigenvalue weighted by molar-refractivity contribution is -0.129. The van der Waals surface area contributed by atoms with Gasteiger partial charge in [0.2, 0.25) is 5.91 Å². The molecule has 1 N–H and O–H groups in total. The summed E-state index contributed by atoms with van der Waals surface area (Å²) in [5.74, 6) is -0.202. The lowest BCUT2D eigenvalue weighted by Crippen LogP contribution is -2.21. The van der Waals surface area contributed by atoms with Crippen molar-refractivity contribution in [2.75, 3.05) is 11.9 Å². The minimum absolute atomic E-state index is 0.0319. The Morgan fingerprint density at radius 2 is 1.83 bits per heavy atom. The van der Waals surface area contributed by atoms with E-state index in [1.807, 2.05) is 12.1 Å². The fourth-order valence-corrected chi connectivity index (χ4v) is 2.57. The number of nitrogens with zero attached hydrogens (tertiary/aromatic N) is 1. The van der Waals surface area contributed by atoms with E-state index in [0.717, 1.165) is 11.1 Å². The number of nitrogens with one attached hydrogen (secondary N) is 1. The number of halogens is 1. The van der Waals surface area contributed by atoms with Gasteiger partial charge in [-0.05, 0) is 47.5 Å². The molecule has 0 bridgehead atoms. The third-order valence-electron chi connectivity index (χ3n) is 3.84. The van der Waals surface area contributed by atoms with Crippen LogP contribution in [0.25, 0.3) is 0 Å². The molecule has 1 aliphatic heterocycles. The van der Waals surface area contributed by atoms with Crippen LogP contribution in [0.15, 0.2) is 42.5 Å². The van der Waals surface area contributed by atoms with Gasteiger partial charge in [-0.1, -0.05) is 6.07 Å². The first-order chi connectivity index (χ1) is 11.5. The van der Waals surface area contributed by atoms with Crippen LogP contribution in [0.5, 0.6) is 5.75 Å². The Labute approximate surface area is 139 Å². The molecule has 0 radical (unpaired) electrons. The predicted molar refractivity (Wildman–Crippen MR) is 86.9 cm³/mol. The summed E-state index contributed by atoms with van der Waals surface area (Å²) in [4.78, 5) is 25.1. The minimum atomic E-state index is -0.357. The average Bonchev–Trinajstić information content (AvgIpc) is 2.98. The van der Waals surface area contributed by atoms with Crippen LogP contribution in [-0.4, -0.2) is 23.3 Å². The summed E-state index contributed by atoms with van der Waals surface area (Å²) < 4.78 is 18.1. The molecular formula is C18H17FN2O3.